The number of fused-ring (bicyclic) bond motifs is 1. The zero-order valence-electron chi connectivity index (χ0n) is 18.0. The van der Waals surface area contributed by atoms with Gasteiger partial charge in [-0.3, -0.25) is 14.2 Å². The number of pyridine rings is 1. The largest absolute Gasteiger partial charge is 0.493 e. The van der Waals surface area contributed by atoms with Crippen LogP contribution in [0.1, 0.15) is 15.9 Å². The maximum Gasteiger partial charge on any atom is 0.278 e. The molecule has 0 bridgehead atoms. The molecule has 0 saturated heterocycles. The van der Waals surface area contributed by atoms with Gasteiger partial charge in [0, 0.05) is 30.9 Å². The van der Waals surface area contributed by atoms with Gasteiger partial charge in [-0.2, -0.15) is 0 Å². The highest BCUT2D eigenvalue weighted by Crippen LogP contribution is 2.27. The van der Waals surface area contributed by atoms with Crippen molar-refractivity contribution in [3.63, 3.8) is 0 Å². The van der Waals surface area contributed by atoms with E-state index in [1.807, 2.05) is 12.1 Å². The summed E-state index contributed by atoms with van der Waals surface area (Å²) < 4.78 is 12.0. The predicted octanol–water partition coefficient (Wildman–Crippen LogP) is 2.94. The molecular formula is C24H22N4O4. The number of nitrogens with zero attached hydrogens (tertiary/aromatic N) is 3. The van der Waals surface area contributed by atoms with Crippen molar-refractivity contribution in [3.05, 3.63) is 82.3 Å². The molecule has 8 nitrogen and oxygen atoms in total. The fourth-order valence-electron chi connectivity index (χ4n) is 3.40. The Morgan fingerprint density at radius 3 is 2.50 bits per heavy atom. The average molecular weight is 430 g/mol. The van der Waals surface area contributed by atoms with Crippen molar-refractivity contribution in [3.8, 4) is 22.8 Å². The monoisotopic (exact) mass is 430 g/mol. The van der Waals surface area contributed by atoms with E-state index in [-0.39, 0.29) is 11.5 Å². The third-order valence-electron chi connectivity index (χ3n) is 5.14. The molecule has 32 heavy (non-hydrogen) atoms. The molecule has 1 N–H and O–H groups in total. The molecule has 0 atom stereocenters. The number of hydrogen-bond acceptors (Lipinski definition) is 6. The normalized spacial score (nSPS) is 10.7. The van der Waals surface area contributed by atoms with Crippen molar-refractivity contribution in [2.75, 3.05) is 14.2 Å². The van der Waals surface area contributed by atoms with Crippen molar-refractivity contribution < 1.29 is 14.3 Å². The van der Waals surface area contributed by atoms with Gasteiger partial charge in [-0.15, -0.1) is 0 Å². The van der Waals surface area contributed by atoms with Gasteiger partial charge in [-0.1, -0.05) is 18.2 Å². The smallest absolute Gasteiger partial charge is 0.278 e. The summed E-state index contributed by atoms with van der Waals surface area (Å²) in [6, 6.07) is 15.8. The van der Waals surface area contributed by atoms with Crippen LogP contribution in [0.2, 0.25) is 0 Å². The minimum Gasteiger partial charge on any atom is -0.493 e. The van der Waals surface area contributed by atoms with E-state index in [0.29, 0.717) is 46.0 Å². The predicted molar refractivity (Wildman–Crippen MR) is 121 cm³/mol. The number of methoxy groups -OCH3 is 2. The summed E-state index contributed by atoms with van der Waals surface area (Å²) in [5.41, 5.74) is 3.20. The van der Waals surface area contributed by atoms with Gasteiger partial charge in [0.05, 0.1) is 14.2 Å². The number of ether oxygens (including phenoxy) is 2. The van der Waals surface area contributed by atoms with Gasteiger partial charge in [0.1, 0.15) is 11.2 Å². The van der Waals surface area contributed by atoms with Gasteiger partial charge in [0.25, 0.3) is 11.5 Å². The third-order valence-corrected chi connectivity index (χ3v) is 5.14. The Hall–Kier alpha value is -4.20. The molecule has 0 radical (unpaired) electrons. The molecule has 162 valence electrons. The molecule has 0 spiro atoms. The summed E-state index contributed by atoms with van der Waals surface area (Å²) in [6.07, 6.45) is 1.62. The van der Waals surface area contributed by atoms with Crippen LogP contribution < -0.4 is 20.3 Å². The standard InChI is InChI=1S/C24H22N4O4/c1-28-22-18(5-4-12-25-22)27-21(24(28)30)16-7-9-17(10-8-16)23(29)26-14-15-6-11-19(31-2)20(13-15)32-3/h4-13H,14H2,1-3H3,(H,26,29). The minimum absolute atomic E-state index is 0.227. The number of benzene rings is 2. The average Bonchev–Trinajstić information content (AvgIpc) is 2.84. The Morgan fingerprint density at radius 1 is 1.03 bits per heavy atom. The summed E-state index contributed by atoms with van der Waals surface area (Å²) in [5, 5.41) is 2.88. The van der Waals surface area contributed by atoms with Gasteiger partial charge in [-0.25, -0.2) is 9.97 Å². The van der Waals surface area contributed by atoms with Crippen molar-refractivity contribution in [2.24, 2.45) is 7.05 Å². The summed E-state index contributed by atoms with van der Waals surface area (Å²) >= 11 is 0. The molecular weight excluding hydrogens is 408 g/mol. The first kappa shape index (κ1) is 21.0. The van der Waals surface area contributed by atoms with Crippen molar-refractivity contribution in [2.45, 2.75) is 6.54 Å². The number of carbonyl (C=O) groups is 1. The van der Waals surface area contributed by atoms with Crippen LogP contribution >= 0.6 is 0 Å². The first-order valence-corrected chi connectivity index (χ1v) is 9.93. The number of rotatable bonds is 6. The van der Waals surface area contributed by atoms with Gasteiger partial charge in [0.15, 0.2) is 17.1 Å². The van der Waals surface area contributed by atoms with E-state index in [1.54, 1.807) is 69.9 Å². The summed E-state index contributed by atoms with van der Waals surface area (Å²) in [5.74, 6) is 1.00. The Labute approximate surface area is 184 Å². The quantitative estimate of drug-likeness (QED) is 0.505. The number of aromatic nitrogens is 3. The molecule has 0 unspecified atom stereocenters. The van der Waals surface area contributed by atoms with Crippen LogP contribution in [0.3, 0.4) is 0 Å². The second-order valence-corrected chi connectivity index (χ2v) is 7.12. The van der Waals surface area contributed by atoms with Crippen LogP contribution in [0, 0.1) is 0 Å². The molecule has 4 aromatic rings. The van der Waals surface area contributed by atoms with Crippen LogP contribution in [0.25, 0.3) is 22.4 Å². The van der Waals surface area contributed by atoms with Crippen molar-refractivity contribution >= 4 is 17.1 Å². The van der Waals surface area contributed by atoms with Crippen LogP contribution in [-0.2, 0) is 13.6 Å². The van der Waals surface area contributed by atoms with E-state index in [0.717, 1.165) is 5.56 Å². The molecule has 0 aliphatic carbocycles. The molecule has 8 heteroatoms. The number of nitrogens with one attached hydrogen (secondary N) is 1. The van der Waals surface area contributed by atoms with E-state index < -0.39 is 0 Å². The first-order valence-electron chi connectivity index (χ1n) is 9.93. The van der Waals surface area contributed by atoms with Gasteiger partial charge in [-0.05, 0) is 42.0 Å². The maximum absolute atomic E-state index is 12.7. The van der Waals surface area contributed by atoms with Crippen LogP contribution in [0.4, 0.5) is 0 Å². The zero-order valence-corrected chi connectivity index (χ0v) is 18.0. The van der Waals surface area contributed by atoms with E-state index >= 15 is 0 Å². The molecule has 2 aromatic heterocycles. The zero-order chi connectivity index (χ0) is 22.7. The Balaban J connectivity index is 1.52. The van der Waals surface area contributed by atoms with Crippen molar-refractivity contribution in [1.82, 2.24) is 19.9 Å². The molecule has 0 aliphatic heterocycles. The van der Waals surface area contributed by atoms with Crippen LogP contribution in [0.5, 0.6) is 11.5 Å². The molecule has 0 saturated carbocycles. The summed E-state index contributed by atoms with van der Waals surface area (Å²) in [7, 11) is 4.80. The maximum atomic E-state index is 12.7. The van der Waals surface area contributed by atoms with E-state index in [2.05, 4.69) is 15.3 Å². The lowest BCUT2D eigenvalue weighted by atomic mass is 10.1. The van der Waals surface area contributed by atoms with Crippen LogP contribution in [0.15, 0.2) is 65.6 Å². The summed E-state index contributed by atoms with van der Waals surface area (Å²) in [4.78, 5) is 34.0. The number of hydrogen-bond donors (Lipinski definition) is 1. The second kappa shape index (κ2) is 8.89. The fraction of sp³-hybridized carbons (Fsp3) is 0.167. The number of amides is 1. The third kappa shape index (κ3) is 4.02. The lowest BCUT2D eigenvalue weighted by Crippen LogP contribution is -2.23. The lowest BCUT2D eigenvalue weighted by Gasteiger charge is -2.11. The Kier molecular flexibility index (Phi) is 5.85. The lowest BCUT2D eigenvalue weighted by molar-refractivity contribution is 0.0951. The minimum atomic E-state index is -0.248. The van der Waals surface area contributed by atoms with E-state index in [9.17, 15) is 9.59 Å². The molecule has 2 aromatic carbocycles. The van der Waals surface area contributed by atoms with Gasteiger partial charge < -0.3 is 14.8 Å². The summed E-state index contributed by atoms with van der Waals surface area (Å²) in [6.45, 7) is 0.334. The first-order chi connectivity index (χ1) is 15.5. The Morgan fingerprint density at radius 2 is 1.78 bits per heavy atom. The van der Waals surface area contributed by atoms with Gasteiger partial charge in [0.2, 0.25) is 0 Å². The molecule has 2 heterocycles. The number of aryl methyl sites for hydroxylation is 1. The van der Waals surface area contributed by atoms with Crippen LogP contribution in [-0.4, -0.2) is 34.7 Å². The topological polar surface area (TPSA) is 95.3 Å². The highest BCUT2D eigenvalue weighted by atomic mass is 16.5. The fourth-order valence-corrected chi connectivity index (χ4v) is 3.40. The highest BCUT2D eigenvalue weighted by Gasteiger charge is 2.13. The number of carbonyl (C=O) groups excluding carboxylic acids is 1. The van der Waals surface area contributed by atoms with E-state index in [1.165, 1.54) is 4.57 Å². The SMILES string of the molecule is COc1ccc(CNC(=O)c2ccc(-c3nc4cccnc4n(C)c3=O)cc2)cc1OC. The van der Waals surface area contributed by atoms with E-state index in [4.69, 9.17) is 9.47 Å². The molecule has 4 rings (SSSR count). The molecule has 1 amide bonds. The second-order valence-electron chi connectivity index (χ2n) is 7.12. The highest BCUT2D eigenvalue weighted by molar-refractivity contribution is 5.94. The van der Waals surface area contributed by atoms with Gasteiger partial charge >= 0.3 is 0 Å². The van der Waals surface area contributed by atoms with Crippen molar-refractivity contribution in [1.29, 1.82) is 0 Å². The molecule has 0 aliphatic rings. The Bertz CT molecular complexity index is 1350. The molecule has 0 fully saturated rings.